The summed E-state index contributed by atoms with van der Waals surface area (Å²) in [5.74, 6) is -0.425. The quantitative estimate of drug-likeness (QED) is 0.893. The highest BCUT2D eigenvalue weighted by molar-refractivity contribution is 6.31. The number of nitrogens with zero attached hydrogens (tertiary/aromatic N) is 2. The Balaban J connectivity index is 2.11. The zero-order valence-electron chi connectivity index (χ0n) is 8.74. The van der Waals surface area contributed by atoms with Crippen molar-refractivity contribution in [3.8, 4) is 0 Å². The highest BCUT2D eigenvalue weighted by Gasteiger charge is 2.06. The highest BCUT2D eigenvalue weighted by atomic mass is 35.5. The van der Waals surface area contributed by atoms with E-state index in [1.54, 1.807) is 24.7 Å². The number of rotatable bonds is 3. The fourth-order valence-electron chi connectivity index (χ4n) is 1.38. The van der Waals surface area contributed by atoms with Crippen LogP contribution in [0.25, 0.3) is 0 Å². The van der Waals surface area contributed by atoms with E-state index in [-0.39, 0.29) is 5.02 Å². The van der Waals surface area contributed by atoms with E-state index >= 15 is 0 Å². The molecule has 0 saturated carbocycles. The molecule has 1 N–H and O–H groups in total. The van der Waals surface area contributed by atoms with Gasteiger partial charge in [0.1, 0.15) is 0 Å². The minimum atomic E-state index is -0.425. The first kappa shape index (κ1) is 11.0. The first-order valence-electron chi connectivity index (χ1n) is 4.81. The third kappa shape index (κ3) is 2.17. The van der Waals surface area contributed by atoms with Gasteiger partial charge in [0.25, 0.3) is 0 Å². The van der Waals surface area contributed by atoms with Crippen molar-refractivity contribution in [2.24, 2.45) is 7.05 Å². The third-order valence-electron chi connectivity index (χ3n) is 2.33. The van der Waals surface area contributed by atoms with Crippen LogP contribution in [-0.4, -0.2) is 9.55 Å². The lowest BCUT2D eigenvalue weighted by Gasteiger charge is -2.08. The van der Waals surface area contributed by atoms with E-state index in [0.29, 0.717) is 12.2 Å². The maximum Gasteiger partial charge on any atom is 0.164 e. The molecule has 2 rings (SSSR count). The van der Waals surface area contributed by atoms with Crippen LogP contribution >= 0.6 is 11.6 Å². The standard InChI is InChI=1S/C11H11ClFN3/c1-16-7-14-5-8(16)6-15-10-4-2-3-9(12)11(10)13/h2-5,7,15H,6H2,1H3. The molecule has 0 saturated heterocycles. The van der Waals surface area contributed by atoms with Crippen LogP contribution in [-0.2, 0) is 13.6 Å². The van der Waals surface area contributed by atoms with Gasteiger partial charge in [0.05, 0.1) is 29.3 Å². The Kier molecular flexibility index (Phi) is 3.10. The summed E-state index contributed by atoms with van der Waals surface area (Å²) < 4.78 is 15.4. The molecule has 0 fully saturated rings. The molecule has 5 heteroatoms. The van der Waals surface area contributed by atoms with Crippen LogP contribution in [0, 0.1) is 5.82 Å². The smallest absolute Gasteiger partial charge is 0.164 e. The fraction of sp³-hybridized carbons (Fsp3) is 0.182. The predicted octanol–water partition coefficient (Wildman–Crippen LogP) is 2.82. The summed E-state index contributed by atoms with van der Waals surface area (Å²) in [4.78, 5) is 3.98. The molecular weight excluding hydrogens is 229 g/mol. The predicted molar refractivity (Wildman–Crippen MR) is 61.9 cm³/mol. The van der Waals surface area contributed by atoms with E-state index in [4.69, 9.17) is 11.6 Å². The lowest BCUT2D eigenvalue weighted by Crippen LogP contribution is -2.05. The van der Waals surface area contributed by atoms with Crippen LogP contribution in [0.1, 0.15) is 5.69 Å². The molecule has 0 aliphatic carbocycles. The van der Waals surface area contributed by atoms with Crippen LogP contribution < -0.4 is 5.32 Å². The van der Waals surface area contributed by atoms with Crippen LogP contribution in [0.5, 0.6) is 0 Å². The van der Waals surface area contributed by atoms with Crippen molar-refractivity contribution in [2.45, 2.75) is 6.54 Å². The maximum absolute atomic E-state index is 13.5. The SMILES string of the molecule is Cn1cncc1CNc1cccc(Cl)c1F. The molecule has 0 aliphatic rings. The van der Waals surface area contributed by atoms with Gasteiger partial charge in [-0.05, 0) is 12.1 Å². The Hall–Kier alpha value is -1.55. The maximum atomic E-state index is 13.5. The van der Waals surface area contributed by atoms with Crippen molar-refractivity contribution in [1.82, 2.24) is 9.55 Å². The number of nitrogens with one attached hydrogen (secondary N) is 1. The summed E-state index contributed by atoms with van der Waals surface area (Å²) in [6.07, 6.45) is 3.43. The summed E-state index contributed by atoms with van der Waals surface area (Å²) >= 11 is 5.67. The lowest BCUT2D eigenvalue weighted by atomic mass is 10.3. The summed E-state index contributed by atoms with van der Waals surface area (Å²) in [6, 6.07) is 4.88. The Morgan fingerprint density at radius 3 is 3.00 bits per heavy atom. The van der Waals surface area contributed by atoms with Gasteiger partial charge >= 0.3 is 0 Å². The average molecular weight is 240 g/mol. The summed E-state index contributed by atoms with van der Waals surface area (Å²) in [7, 11) is 1.89. The number of hydrogen-bond donors (Lipinski definition) is 1. The van der Waals surface area contributed by atoms with Crippen molar-refractivity contribution < 1.29 is 4.39 Å². The van der Waals surface area contributed by atoms with Crippen molar-refractivity contribution in [1.29, 1.82) is 0 Å². The molecule has 0 atom stereocenters. The molecule has 84 valence electrons. The van der Waals surface area contributed by atoms with Crippen LogP contribution in [0.15, 0.2) is 30.7 Å². The number of aromatic nitrogens is 2. The molecule has 3 nitrogen and oxygen atoms in total. The molecular formula is C11H11ClFN3. The molecule has 1 aromatic carbocycles. The van der Waals surface area contributed by atoms with E-state index < -0.39 is 5.82 Å². The van der Waals surface area contributed by atoms with E-state index in [0.717, 1.165) is 5.69 Å². The largest absolute Gasteiger partial charge is 0.377 e. The van der Waals surface area contributed by atoms with Crippen molar-refractivity contribution in [3.63, 3.8) is 0 Å². The molecule has 1 aromatic heterocycles. The molecule has 0 spiro atoms. The first-order chi connectivity index (χ1) is 7.68. The van der Waals surface area contributed by atoms with Gasteiger partial charge in [-0.3, -0.25) is 0 Å². The molecule has 0 unspecified atom stereocenters. The van der Waals surface area contributed by atoms with Crippen LogP contribution in [0.2, 0.25) is 5.02 Å². The Morgan fingerprint density at radius 2 is 2.31 bits per heavy atom. The molecule has 0 bridgehead atoms. The molecule has 1 heterocycles. The minimum Gasteiger partial charge on any atom is -0.377 e. The van der Waals surface area contributed by atoms with Crippen molar-refractivity contribution >= 4 is 17.3 Å². The van der Waals surface area contributed by atoms with Gasteiger partial charge in [0.2, 0.25) is 0 Å². The van der Waals surface area contributed by atoms with E-state index in [9.17, 15) is 4.39 Å². The first-order valence-corrected chi connectivity index (χ1v) is 5.19. The number of imidazole rings is 1. The monoisotopic (exact) mass is 239 g/mol. The molecule has 2 aromatic rings. The highest BCUT2D eigenvalue weighted by Crippen LogP contribution is 2.22. The number of anilines is 1. The second-order valence-corrected chi connectivity index (χ2v) is 3.86. The van der Waals surface area contributed by atoms with E-state index in [2.05, 4.69) is 10.3 Å². The summed E-state index contributed by atoms with van der Waals surface area (Å²) in [6.45, 7) is 0.508. The van der Waals surface area contributed by atoms with Gasteiger partial charge in [-0.1, -0.05) is 17.7 Å². The van der Waals surface area contributed by atoms with Gasteiger partial charge in [-0.25, -0.2) is 9.37 Å². The molecule has 0 aliphatic heterocycles. The van der Waals surface area contributed by atoms with Crippen LogP contribution in [0.4, 0.5) is 10.1 Å². The molecule has 16 heavy (non-hydrogen) atoms. The number of hydrogen-bond acceptors (Lipinski definition) is 2. The fourth-order valence-corrected chi connectivity index (χ4v) is 1.56. The Morgan fingerprint density at radius 1 is 1.50 bits per heavy atom. The Labute approximate surface area is 97.9 Å². The zero-order valence-corrected chi connectivity index (χ0v) is 9.50. The van der Waals surface area contributed by atoms with Gasteiger partial charge in [0, 0.05) is 13.2 Å². The molecule has 0 radical (unpaired) electrons. The Bertz CT molecular complexity index is 496. The normalized spacial score (nSPS) is 10.4. The van der Waals surface area contributed by atoms with Crippen molar-refractivity contribution in [3.05, 3.63) is 47.3 Å². The number of halogens is 2. The minimum absolute atomic E-state index is 0.120. The average Bonchev–Trinajstić information content (AvgIpc) is 2.67. The lowest BCUT2D eigenvalue weighted by molar-refractivity contribution is 0.630. The van der Waals surface area contributed by atoms with Gasteiger partial charge in [-0.2, -0.15) is 0 Å². The van der Waals surface area contributed by atoms with Crippen molar-refractivity contribution in [2.75, 3.05) is 5.32 Å². The number of benzene rings is 1. The molecule has 0 amide bonds. The second kappa shape index (κ2) is 4.53. The van der Waals surface area contributed by atoms with Crippen LogP contribution in [0.3, 0.4) is 0 Å². The van der Waals surface area contributed by atoms with Gasteiger partial charge in [0.15, 0.2) is 5.82 Å². The van der Waals surface area contributed by atoms with Gasteiger partial charge < -0.3 is 9.88 Å². The van der Waals surface area contributed by atoms with Gasteiger partial charge in [-0.15, -0.1) is 0 Å². The number of aryl methyl sites for hydroxylation is 1. The summed E-state index contributed by atoms with van der Waals surface area (Å²) in [5.41, 5.74) is 1.37. The zero-order chi connectivity index (χ0) is 11.5. The third-order valence-corrected chi connectivity index (χ3v) is 2.62. The summed E-state index contributed by atoms with van der Waals surface area (Å²) in [5, 5.41) is 3.10. The second-order valence-electron chi connectivity index (χ2n) is 3.45. The van der Waals surface area contributed by atoms with E-state index in [1.807, 2.05) is 11.6 Å². The topological polar surface area (TPSA) is 29.9 Å². The van der Waals surface area contributed by atoms with E-state index in [1.165, 1.54) is 6.07 Å².